The number of hydrogen-bond acceptors (Lipinski definition) is 2. The SMILES string of the molecule is CC(c1ccc2c(c1)CCC(N(C)C(=O)c1ccc(-c3ccc(Cl)cc3)cc1)C2)N(C)C. The van der Waals surface area contributed by atoms with Gasteiger partial charge in [0.1, 0.15) is 0 Å². The third-order valence-electron chi connectivity index (χ3n) is 6.87. The lowest BCUT2D eigenvalue weighted by atomic mass is 9.85. The average molecular weight is 447 g/mol. The fraction of sp³-hybridized carbons (Fsp3) is 0.321. The smallest absolute Gasteiger partial charge is 0.253 e. The molecule has 0 aliphatic heterocycles. The van der Waals surface area contributed by atoms with E-state index in [0.717, 1.165) is 41.0 Å². The van der Waals surface area contributed by atoms with Crippen LogP contribution in [-0.4, -0.2) is 42.9 Å². The molecule has 1 aliphatic carbocycles. The van der Waals surface area contributed by atoms with Crippen LogP contribution in [0, 0.1) is 0 Å². The topological polar surface area (TPSA) is 23.6 Å². The molecule has 0 heterocycles. The monoisotopic (exact) mass is 446 g/mol. The first-order valence-corrected chi connectivity index (χ1v) is 11.6. The number of fused-ring (bicyclic) bond motifs is 1. The Balaban J connectivity index is 1.45. The van der Waals surface area contributed by atoms with Crippen molar-refractivity contribution in [3.63, 3.8) is 0 Å². The van der Waals surface area contributed by atoms with Crippen LogP contribution in [0.5, 0.6) is 0 Å². The van der Waals surface area contributed by atoms with Crippen LogP contribution in [0.15, 0.2) is 66.7 Å². The van der Waals surface area contributed by atoms with Gasteiger partial charge in [-0.3, -0.25) is 4.79 Å². The molecule has 1 aliphatic rings. The van der Waals surface area contributed by atoms with Crippen molar-refractivity contribution in [3.8, 4) is 11.1 Å². The molecule has 0 bridgehead atoms. The van der Waals surface area contributed by atoms with Gasteiger partial charge in [-0.25, -0.2) is 0 Å². The zero-order valence-electron chi connectivity index (χ0n) is 19.3. The number of aryl methyl sites for hydroxylation is 1. The molecule has 0 N–H and O–H groups in total. The number of halogens is 1. The number of rotatable bonds is 5. The maximum Gasteiger partial charge on any atom is 0.253 e. The Kier molecular flexibility index (Phi) is 6.68. The standard InChI is InChI=1S/C28H31ClN2O/c1-19(30(2)3)23-9-10-25-18-27(16-13-24(25)17-23)31(4)28(32)22-7-5-20(6-8-22)21-11-14-26(29)15-12-21/h5-12,14-15,17,19,27H,13,16,18H2,1-4H3. The van der Waals surface area contributed by atoms with Gasteiger partial charge in [0, 0.05) is 29.7 Å². The van der Waals surface area contributed by atoms with Crippen molar-refractivity contribution in [3.05, 3.63) is 94.0 Å². The minimum atomic E-state index is 0.0824. The van der Waals surface area contributed by atoms with Crippen molar-refractivity contribution >= 4 is 17.5 Å². The summed E-state index contributed by atoms with van der Waals surface area (Å²) >= 11 is 5.99. The predicted octanol–water partition coefficient (Wildman–Crippen LogP) is 6.26. The molecule has 0 saturated heterocycles. The van der Waals surface area contributed by atoms with Crippen LogP contribution in [0.25, 0.3) is 11.1 Å². The maximum atomic E-state index is 13.2. The first-order chi connectivity index (χ1) is 15.3. The molecular weight excluding hydrogens is 416 g/mol. The summed E-state index contributed by atoms with van der Waals surface area (Å²) in [5.74, 6) is 0.0824. The van der Waals surface area contributed by atoms with Crippen molar-refractivity contribution in [2.45, 2.75) is 38.3 Å². The summed E-state index contributed by atoms with van der Waals surface area (Å²) in [6.07, 6.45) is 2.93. The van der Waals surface area contributed by atoms with Crippen LogP contribution < -0.4 is 0 Å². The summed E-state index contributed by atoms with van der Waals surface area (Å²) in [7, 11) is 6.17. The van der Waals surface area contributed by atoms with Crippen molar-refractivity contribution in [1.82, 2.24) is 9.80 Å². The Labute approximate surface area is 196 Å². The highest BCUT2D eigenvalue weighted by Gasteiger charge is 2.26. The molecule has 0 radical (unpaired) electrons. The number of likely N-dealkylation sites (N-methyl/N-ethyl adjacent to an activating group) is 1. The van der Waals surface area contributed by atoms with Gasteiger partial charge >= 0.3 is 0 Å². The second-order valence-electron chi connectivity index (χ2n) is 9.06. The largest absolute Gasteiger partial charge is 0.338 e. The van der Waals surface area contributed by atoms with Crippen LogP contribution in [0.1, 0.15) is 46.4 Å². The molecule has 0 spiro atoms. The third kappa shape index (κ3) is 4.74. The molecule has 3 aromatic carbocycles. The van der Waals surface area contributed by atoms with Crippen LogP contribution in [-0.2, 0) is 12.8 Å². The number of benzene rings is 3. The van der Waals surface area contributed by atoms with Gasteiger partial charge in [0.25, 0.3) is 5.91 Å². The van der Waals surface area contributed by atoms with E-state index in [1.807, 2.05) is 60.5 Å². The highest BCUT2D eigenvalue weighted by molar-refractivity contribution is 6.30. The molecule has 166 valence electrons. The number of amides is 1. The Morgan fingerprint density at radius 1 is 0.906 bits per heavy atom. The van der Waals surface area contributed by atoms with E-state index in [1.165, 1.54) is 16.7 Å². The van der Waals surface area contributed by atoms with Crippen LogP contribution in [0.2, 0.25) is 5.02 Å². The zero-order chi connectivity index (χ0) is 22.8. The number of carbonyl (C=O) groups excluding carboxylic acids is 1. The van der Waals surface area contributed by atoms with Crippen LogP contribution >= 0.6 is 11.6 Å². The highest BCUT2D eigenvalue weighted by atomic mass is 35.5. The Morgan fingerprint density at radius 3 is 2.16 bits per heavy atom. The first kappa shape index (κ1) is 22.6. The minimum Gasteiger partial charge on any atom is -0.338 e. The molecule has 2 atom stereocenters. The van der Waals surface area contributed by atoms with Gasteiger partial charge in [0.15, 0.2) is 0 Å². The fourth-order valence-electron chi connectivity index (χ4n) is 4.46. The van der Waals surface area contributed by atoms with E-state index in [4.69, 9.17) is 11.6 Å². The average Bonchev–Trinajstić information content (AvgIpc) is 2.82. The zero-order valence-corrected chi connectivity index (χ0v) is 20.1. The van der Waals surface area contributed by atoms with Crippen molar-refractivity contribution in [2.24, 2.45) is 0 Å². The van der Waals surface area contributed by atoms with E-state index in [0.29, 0.717) is 6.04 Å². The molecule has 0 fully saturated rings. The van der Waals surface area contributed by atoms with E-state index in [-0.39, 0.29) is 11.9 Å². The molecule has 32 heavy (non-hydrogen) atoms. The minimum absolute atomic E-state index is 0.0824. The molecular formula is C28H31ClN2O. The van der Waals surface area contributed by atoms with E-state index >= 15 is 0 Å². The lowest BCUT2D eigenvalue weighted by Gasteiger charge is -2.33. The van der Waals surface area contributed by atoms with Crippen LogP contribution in [0.3, 0.4) is 0 Å². The highest BCUT2D eigenvalue weighted by Crippen LogP contribution is 2.29. The summed E-state index contributed by atoms with van der Waals surface area (Å²) in [6, 6.07) is 23.1. The quantitative estimate of drug-likeness (QED) is 0.461. The van der Waals surface area contributed by atoms with E-state index in [2.05, 4.69) is 44.1 Å². The van der Waals surface area contributed by atoms with E-state index < -0.39 is 0 Å². The van der Waals surface area contributed by atoms with Gasteiger partial charge < -0.3 is 9.80 Å². The van der Waals surface area contributed by atoms with Crippen LogP contribution in [0.4, 0.5) is 0 Å². The van der Waals surface area contributed by atoms with E-state index in [9.17, 15) is 4.79 Å². The predicted molar refractivity (Wildman–Crippen MR) is 133 cm³/mol. The second-order valence-corrected chi connectivity index (χ2v) is 9.50. The molecule has 4 heteroatoms. The summed E-state index contributed by atoms with van der Waals surface area (Å²) < 4.78 is 0. The van der Waals surface area contributed by atoms with Crippen molar-refractivity contribution in [1.29, 1.82) is 0 Å². The summed E-state index contributed by atoms with van der Waals surface area (Å²) in [5, 5.41) is 0.722. The van der Waals surface area contributed by atoms with Crippen molar-refractivity contribution < 1.29 is 4.79 Å². The summed E-state index contributed by atoms with van der Waals surface area (Å²) in [5.41, 5.74) is 7.06. The number of nitrogens with zero attached hydrogens (tertiary/aromatic N) is 2. The first-order valence-electron chi connectivity index (χ1n) is 11.2. The lowest BCUT2D eigenvalue weighted by molar-refractivity contribution is 0.0719. The maximum absolute atomic E-state index is 13.2. The molecule has 4 rings (SSSR count). The van der Waals surface area contributed by atoms with Gasteiger partial charge in [-0.1, -0.05) is 54.1 Å². The van der Waals surface area contributed by atoms with Gasteiger partial charge in [-0.15, -0.1) is 0 Å². The summed E-state index contributed by atoms with van der Waals surface area (Å²) in [6.45, 7) is 2.23. The number of hydrogen-bond donors (Lipinski definition) is 0. The molecule has 3 nitrogen and oxygen atoms in total. The lowest BCUT2D eigenvalue weighted by Crippen LogP contribution is -2.40. The van der Waals surface area contributed by atoms with Crippen molar-refractivity contribution in [2.75, 3.05) is 21.1 Å². The molecule has 1 amide bonds. The molecule has 0 saturated carbocycles. The number of carbonyl (C=O) groups is 1. The fourth-order valence-corrected chi connectivity index (χ4v) is 4.59. The third-order valence-corrected chi connectivity index (χ3v) is 7.12. The Hall–Kier alpha value is -2.62. The normalized spacial score (nSPS) is 16.5. The van der Waals surface area contributed by atoms with Gasteiger partial charge in [-0.05, 0) is 92.4 Å². The van der Waals surface area contributed by atoms with Gasteiger partial charge in [0.05, 0.1) is 0 Å². The van der Waals surface area contributed by atoms with Gasteiger partial charge in [0.2, 0.25) is 0 Å². The Morgan fingerprint density at radius 2 is 1.53 bits per heavy atom. The second kappa shape index (κ2) is 9.48. The molecule has 2 unspecified atom stereocenters. The molecule has 0 aromatic heterocycles. The van der Waals surface area contributed by atoms with Gasteiger partial charge in [-0.2, -0.15) is 0 Å². The van der Waals surface area contributed by atoms with E-state index in [1.54, 1.807) is 0 Å². The summed E-state index contributed by atoms with van der Waals surface area (Å²) in [4.78, 5) is 17.3. The molecule has 3 aromatic rings. The Bertz CT molecular complexity index is 1090.